The van der Waals surface area contributed by atoms with Crippen LogP contribution in [0, 0.1) is 11.8 Å². The van der Waals surface area contributed by atoms with Gasteiger partial charge in [-0.05, 0) is 44.2 Å². The van der Waals surface area contributed by atoms with Gasteiger partial charge in [-0.1, -0.05) is 0 Å². The van der Waals surface area contributed by atoms with Crippen LogP contribution in [0.25, 0.3) is 0 Å². The van der Waals surface area contributed by atoms with Gasteiger partial charge in [0.1, 0.15) is 0 Å². The van der Waals surface area contributed by atoms with E-state index in [0.717, 1.165) is 37.8 Å². The Morgan fingerprint density at radius 3 is 2.85 bits per heavy atom. The fraction of sp³-hybridized carbons (Fsp3) is 0.889. The maximum Gasteiger partial charge on any atom is 0.312 e. The van der Waals surface area contributed by atoms with Crippen LogP contribution in [0.2, 0.25) is 0 Å². The zero-order valence-corrected chi connectivity index (χ0v) is 7.75. The van der Waals surface area contributed by atoms with Gasteiger partial charge >= 0.3 is 6.03 Å². The second kappa shape index (κ2) is 3.54. The third-order valence-corrected chi connectivity index (χ3v) is 3.30. The molecule has 2 amide bonds. The largest absolute Gasteiger partial charge is 0.352 e. The first-order chi connectivity index (χ1) is 6.25. The number of urea groups is 1. The number of fused-ring (bicyclic) bond motifs is 1. The predicted molar refractivity (Wildman–Crippen MR) is 50.2 cm³/mol. The quantitative estimate of drug-likeness (QED) is 0.537. The number of nitrogens with one attached hydrogen (secondary N) is 2. The van der Waals surface area contributed by atoms with Crippen molar-refractivity contribution in [2.75, 3.05) is 13.1 Å². The molecule has 1 saturated heterocycles. The molecule has 1 heterocycles. The van der Waals surface area contributed by atoms with E-state index in [1.54, 1.807) is 0 Å². The van der Waals surface area contributed by atoms with Crippen molar-refractivity contribution in [3.05, 3.63) is 0 Å². The maximum absolute atomic E-state index is 10.7. The molecule has 3 atom stereocenters. The zero-order chi connectivity index (χ0) is 9.26. The first-order valence-electron chi connectivity index (χ1n) is 5.02. The molecule has 1 aliphatic carbocycles. The topological polar surface area (TPSA) is 67.2 Å². The fourth-order valence-corrected chi connectivity index (χ4v) is 2.63. The summed E-state index contributed by atoms with van der Waals surface area (Å²) in [6, 6.07) is -0.0620. The van der Waals surface area contributed by atoms with Gasteiger partial charge < -0.3 is 16.4 Å². The zero-order valence-electron chi connectivity index (χ0n) is 7.75. The van der Waals surface area contributed by atoms with Gasteiger partial charge in [-0.15, -0.1) is 0 Å². The summed E-state index contributed by atoms with van der Waals surface area (Å²) in [6.45, 7) is 2.27. The van der Waals surface area contributed by atoms with E-state index in [0.29, 0.717) is 6.04 Å². The number of hydrogen-bond donors (Lipinski definition) is 3. The lowest BCUT2D eigenvalue weighted by Gasteiger charge is -2.31. The van der Waals surface area contributed by atoms with Gasteiger partial charge in [0.2, 0.25) is 0 Å². The summed E-state index contributed by atoms with van der Waals surface area (Å²) in [6.07, 6.45) is 3.41. The average Bonchev–Trinajstić information content (AvgIpc) is 2.49. The monoisotopic (exact) mass is 183 g/mol. The van der Waals surface area contributed by atoms with Crippen LogP contribution in [0.1, 0.15) is 19.3 Å². The van der Waals surface area contributed by atoms with Crippen molar-refractivity contribution < 1.29 is 4.79 Å². The highest BCUT2D eigenvalue weighted by molar-refractivity contribution is 5.71. The first kappa shape index (κ1) is 8.81. The summed E-state index contributed by atoms with van der Waals surface area (Å²) in [4.78, 5) is 10.7. The molecule has 0 aromatic carbocycles. The van der Waals surface area contributed by atoms with Gasteiger partial charge in [0.05, 0.1) is 0 Å². The van der Waals surface area contributed by atoms with Gasteiger partial charge in [-0.3, -0.25) is 0 Å². The molecule has 0 aromatic heterocycles. The van der Waals surface area contributed by atoms with Gasteiger partial charge in [0, 0.05) is 6.04 Å². The van der Waals surface area contributed by atoms with Crippen LogP contribution in [-0.2, 0) is 0 Å². The molecule has 1 saturated carbocycles. The number of nitrogens with two attached hydrogens (primary N) is 1. The molecule has 0 aromatic rings. The van der Waals surface area contributed by atoms with Crippen molar-refractivity contribution in [3.63, 3.8) is 0 Å². The van der Waals surface area contributed by atoms with Crippen molar-refractivity contribution in [2.45, 2.75) is 25.3 Å². The minimum atomic E-state index is -0.380. The second-order valence-electron chi connectivity index (χ2n) is 4.20. The van der Waals surface area contributed by atoms with Crippen molar-refractivity contribution in [1.82, 2.24) is 10.6 Å². The number of hydrogen-bond acceptors (Lipinski definition) is 2. The Bertz CT molecular complexity index is 207. The smallest absolute Gasteiger partial charge is 0.312 e. The molecule has 0 spiro atoms. The number of amides is 2. The molecule has 0 bridgehead atoms. The highest BCUT2D eigenvalue weighted by Gasteiger charge is 2.33. The van der Waals surface area contributed by atoms with E-state index in [4.69, 9.17) is 5.73 Å². The molecule has 4 heteroatoms. The van der Waals surface area contributed by atoms with Crippen LogP contribution in [-0.4, -0.2) is 25.2 Å². The van der Waals surface area contributed by atoms with E-state index in [-0.39, 0.29) is 6.03 Å². The van der Waals surface area contributed by atoms with Gasteiger partial charge in [0.25, 0.3) is 0 Å². The highest BCUT2D eigenvalue weighted by Crippen LogP contribution is 2.32. The molecule has 4 nitrogen and oxygen atoms in total. The van der Waals surface area contributed by atoms with E-state index in [1.165, 1.54) is 6.42 Å². The lowest BCUT2D eigenvalue weighted by atomic mass is 9.79. The molecule has 0 radical (unpaired) electrons. The molecular weight excluding hydrogens is 166 g/mol. The number of rotatable bonds is 1. The Hall–Kier alpha value is -0.770. The van der Waals surface area contributed by atoms with Crippen LogP contribution in [0.3, 0.4) is 0 Å². The lowest BCUT2D eigenvalue weighted by molar-refractivity contribution is 0.221. The normalized spacial score (nSPS) is 38.3. The van der Waals surface area contributed by atoms with Crippen LogP contribution in [0.15, 0.2) is 0 Å². The van der Waals surface area contributed by atoms with Crippen LogP contribution in [0.5, 0.6) is 0 Å². The minimum Gasteiger partial charge on any atom is -0.352 e. The molecular formula is C9H17N3O. The van der Waals surface area contributed by atoms with Crippen LogP contribution < -0.4 is 16.4 Å². The molecule has 4 N–H and O–H groups in total. The summed E-state index contributed by atoms with van der Waals surface area (Å²) < 4.78 is 0. The number of carbonyl (C=O) groups excluding carboxylic acids is 1. The van der Waals surface area contributed by atoms with Crippen LogP contribution in [0.4, 0.5) is 4.79 Å². The molecule has 1 aliphatic heterocycles. The van der Waals surface area contributed by atoms with Gasteiger partial charge in [-0.2, -0.15) is 0 Å². The molecule has 2 fully saturated rings. The van der Waals surface area contributed by atoms with Gasteiger partial charge in [0.15, 0.2) is 0 Å². The van der Waals surface area contributed by atoms with E-state index in [9.17, 15) is 4.79 Å². The van der Waals surface area contributed by atoms with E-state index >= 15 is 0 Å². The second-order valence-corrected chi connectivity index (χ2v) is 4.20. The third-order valence-electron chi connectivity index (χ3n) is 3.30. The predicted octanol–water partition coefficient (Wildman–Crippen LogP) is 0.0428. The molecule has 74 valence electrons. The first-order valence-corrected chi connectivity index (χ1v) is 5.02. The van der Waals surface area contributed by atoms with E-state index < -0.39 is 0 Å². The van der Waals surface area contributed by atoms with E-state index in [1.807, 2.05) is 0 Å². The van der Waals surface area contributed by atoms with Crippen molar-refractivity contribution in [1.29, 1.82) is 0 Å². The standard InChI is InChI=1S/C9H17N3O/c10-9(13)12-8-2-1-6-4-11-5-7(6)3-8/h6-8,11H,1-5H2,(H3,10,12,13)/t6-,7+,8?/m0/s1. The summed E-state index contributed by atoms with van der Waals surface area (Å²) in [5.41, 5.74) is 5.09. The number of carbonyl (C=O) groups is 1. The maximum atomic E-state index is 10.7. The summed E-state index contributed by atoms with van der Waals surface area (Å²) in [5.74, 6) is 1.59. The number of primary amides is 1. The average molecular weight is 183 g/mol. The molecule has 1 unspecified atom stereocenters. The Labute approximate surface area is 78.2 Å². The Morgan fingerprint density at radius 1 is 1.31 bits per heavy atom. The van der Waals surface area contributed by atoms with Crippen molar-refractivity contribution in [3.8, 4) is 0 Å². The van der Waals surface area contributed by atoms with Crippen LogP contribution >= 0.6 is 0 Å². The van der Waals surface area contributed by atoms with E-state index in [2.05, 4.69) is 10.6 Å². The summed E-state index contributed by atoms with van der Waals surface area (Å²) >= 11 is 0. The summed E-state index contributed by atoms with van der Waals surface area (Å²) in [5, 5.41) is 6.20. The fourth-order valence-electron chi connectivity index (χ4n) is 2.63. The molecule has 13 heavy (non-hydrogen) atoms. The Morgan fingerprint density at radius 2 is 2.08 bits per heavy atom. The molecule has 2 aliphatic rings. The Balaban J connectivity index is 1.86. The SMILES string of the molecule is NC(=O)NC1CC[C@H]2CNC[C@H]2C1. The lowest BCUT2D eigenvalue weighted by Crippen LogP contribution is -2.43. The third kappa shape index (κ3) is 1.94. The molecule has 2 rings (SSSR count). The van der Waals surface area contributed by atoms with Gasteiger partial charge in [-0.25, -0.2) is 4.79 Å². The minimum absolute atomic E-state index is 0.318. The Kier molecular flexibility index (Phi) is 2.40. The highest BCUT2D eigenvalue weighted by atomic mass is 16.2. The van der Waals surface area contributed by atoms with Crippen molar-refractivity contribution >= 4 is 6.03 Å². The summed E-state index contributed by atoms with van der Waals surface area (Å²) in [7, 11) is 0. The van der Waals surface area contributed by atoms with Crippen molar-refractivity contribution in [2.24, 2.45) is 17.6 Å².